The van der Waals surface area contributed by atoms with E-state index < -0.39 is 12.1 Å². The van der Waals surface area contributed by atoms with Crippen LogP contribution < -0.4 is 10.1 Å². The van der Waals surface area contributed by atoms with Crippen molar-refractivity contribution in [3.8, 4) is 5.75 Å². The first-order chi connectivity index (χ1) is 10.6. The molecule has 0 aliphatic rings. The van der Waals surface area contributed by atoms with Crippen molar-refractivity contribution in [2.75, 3.05) is 11.9 Å². The SMILES string of the molecule is CCOC(=O)c1cccc(OC(=O)Nc2ccc(Cl)cc2)c1. The van der Waals surface area contributed by atoms with Gasteiger partial charge in [0.2, 0.25) is 0 Å². The predicted molar refractivity (Wildman–Crippen MR) is 83.5 cm³/mol. The van der Waals surface area contributed by atoms with Gasteiger partial charge in [-0.3, -0.25) is 5.32 Å². The minimum atomic E-state index is -0.664. The first-order valence-electron chi connectivity index (χ1n) is 6.60. The van der Waals surface area contributed by atoms with Gasteiger partial charge in [-0.15, -0.1) is 0 Å². The van der Waals surface area contributed by atoms with Crippen LogP contribution in [0.1, 0.15) is 17.3 Å². The zero-order valence-electron chi connectivity index (χ0n) is 11.8. The maximum atomic E-state index is 11.8. The number of carbonyl (C=O) groups excluding carboxylic acids is 2. The Bertz CT molecular complexity index is 670. The summed E-state index contributed by atoms with van der Waals surface area (Å²) in [4.78, 5) is 23.4. The lowest BCUT2D eigenvalue weighted by Gasteiger charge is -2.08. The van der Waals surface area contributed by atoms with Gasteiger partial charge in [-0.05, 0) is 49.4 Å². The third-order valence-electron chi connectivity index (χ3n) is 2.65. The third kappa shape index (κ3) is 4.49. The van der Waals surface area contributed by atoms with E-state index in [0.29, 0.717) is 16.3 Å². The fourth-order valence-electron chi connectivity index (χ4n) is 1.68. The van der Waals surface area contributed by atoms with Crippen molar-refractivity contribution in [1.29, 1.82) is 0 Å². The number of ether oxygens (including phenoxy) is 2. The summed E-state index contributed by atoms with van der Waals surface area (Å²) >= 11 is 5.76. The van der Waals surface area contributed by atoms with Crippen LogP contribution in [0.4, 0.5) is 10.5 Å². The van der Waals surface area contributed by atoms with Crippen LogP contribution in [0.3, 0.4) is 0 Å². The first-order valence-corrected chi connectivity index (χ1v) is 6.98. The Labute approximate surface area is 132 Å². The van der Waals surface area contributed by atoms with Crippen molar-refractivity contribution >= 4 is 29.4 Å². The van der Waals surface area contributed by atoms with Crippen LogP contribution in [-0.2, 0) is 4.74 Å². The van der Waals surface area contributed by atoms with E-state index >= 15 is 0 Å². The van der Waals surface area contributed by atoms with Crippen molar-refractivity contribution in [2.24, 2.45) is 0 Å². The number of nitrogens with one attached hydrogen (secondary N) is 1. The predicted octanol–water partition coefficient (Wildman–Crippen LogP) is 4.13. The van der Waals surface area contributed by atoms with Crippen LogP contribution in [0, 0.1) is 0 Å². The molecule has 2 aromatic rings. The number of hydrogen-bond acceptors (Lipinski definition) is 4. The average Bonchev–Trinajstić information content (AvgIpc) is 2.50. The van der Waals surface area contributed by atoms with Crippen molar-refractivity contribution in [1.82, 2.24) is 0 Å². The highest BCUT2D eigenvalue weighted by atomic mass is 35.5. The van der Waals surface area contributed by atoms with E-state index in [2.05, 4.69) is 5.32 Å². The lowest BCUT2D eigenvalue weighted by molar-refractivity contribution is 0.0526. The van der Waals surface area contributed by atoms with Crippen LogP contribution in [0.15, 0.2) is 48.5 Å². The van der Waals surface area contributed by atoms with Gasteiger partial charge in [0.15, 0.2) is 0 Å². The molecule has 2 aromatic carbocycles. The molecule has 114 valence electrons. The molecule has 0 bridgehead atoms. The molecule has 0 fully saturated rings. The number of anilines is 1. The monoisotopic (exact) mass is 319 g/mol. The van der Waals surface area contributed by atoms with Gasteiger partial charge in [0.1, 0.15) is 5.75 Å². The molecule has 0 heterocycles. The molecule has 0 saturated carbocycles. The number of amides is 1. The van der Waals surface area contributed by atoms with Crippen molar-refractivity contribution in [3.63, 3.8) is 0 Å². The molecule has 1 amide bonds. The number of hydrogen-bond donors (Lipinski definition) is 1. The fraction of sp³-hybridized carbons (Fsp3) is 0.125. The Balaban J connectivity index is 2.00. The molecule has 2 rings (SSSR count). The highest BCUT2D eigenvalue weighted by Gasteiger charge is 2.10. The van der Waals surface area contributed by atoms with Gasteiger partial charge in [0, 0.05) is 10.7 Å². The topological polar surface area (TPSA) is 64.6 Å². The van der Waals surface area contributed by atoms with Crippen molar-refractivity contribution in [3.05, 3.63) is 59.1 Å². The summed E-state index contributed by atoms with van der Waals surface area (Å²) in [6.45, 7) is 2.00. The molecule has 0 atom stereocenters. The standard InChI is InChI=1S/C16H14ClNO4/c1-2-21-15(19)11-4-3-5-14(10-11)22-16(20)18-13-8-6-12(17)7-9-13/h3-10H,2H2,1H3,(H,18,20). The molecular weight excluding hydrogens is 306 g/mol. The highest BCUT2D eigenvalue weighted by molar-refractivity contribution is 6.30. The molecule has 5 nitrogen and oxygen atoms in total. The van der Waals surface area contributed by atoms with Gasteiger partial charge in [-0.25, -0.2) is 9.59 Å². The number of benzene rings is 2. The van der Waals surface area contributed by atoms with E-state index in [1.54, 1.807) is 49.4 Å². The molecule has 0 aliphatic heterocycles. The van der Waals surface area contributed by atoms with Crippen LogP contribution in [0.25, 0.3) is 0 Å². The zero-order chi connectivity index (χ0) is 15.9. The number of halogens is 1. The summed E-state index contributed by atoms with van der Waals surface area (Å²) in [6, 6.07) is 12.8. The molecule has 0 radical (unpaired) electrons. The normalized spacial score (nSPS) is 9.91. The minimum Gasteiger partial charge on any atom is -0.462 e. The van der Waals surface area contributed by atoms with Crippen LogP contribution in [0.2, 0.25) is 5.02 Å². The second kappa shape index (κ2) is 7.47. The smallest absolute Gasteiger partial charge is 0.417 e. The highest BCUT2D eigenvalue weighted by Crippen LogP contribution is 2.17. The largest absolute Gasteiger partial charge is 0.462 e. The maximum absolute atomic E-state index is 11.8. The van der Waals surface area contributed by atoms with E-state index in [0.717, 1.165) is 0 Å². The quantitative estimate of drug-likeness (QED) is 0.861. The molecule has 1 N–H and O–H groups in total. The molecule has 0 aliphatic carbocycles. The van der Waals surface area contributed by atoms with E-state index in [1.165, 1.54) is 6.07 Å². The van der Waals surface area contributed by atoms with Crippen molar-refractivity contribution in [2.45, 2.75) is 6.92 Å². The van der Waals surface area contributed by atoms with E-state index in [9.17, 15) is 9.59 Å². The Kier molecular flexibility index (Phi) is 5.38. The van der Waals surface area contributed by atoms with E-state index in [-0.39, 0.29) is 12.4 Å². The van der Waals surface area contributed by atoms with Crippen LogP contribution in [0.5, 0.6) is 5.75 Å². The molecule has 0 unspecified atom stereocenters. The molecule has 0 spiro atoms. The number of rotatable bonds is 4. The average molecular weight is 320 g/mol. The first kappa shape index (κ1) is 15.9. The van der Waals surface area contributed by atoms with E-state index in [4.69, 9.17) is 21.1 Å². The Morgan fingerprint density at radius 2 is 1.86 bits per heavy atom. The summed E-state index contributed by atoms with van der Waals surface area (Å²) in [5, 5.41) is 3.13. The molecule has 0 aromatic heterocycles. The fourth-order valence-corrected chi connectivity index (χ4v) is 1.81. The summed E-state index contributed by atoms with van der Waals surface area (Å²) < 4.78 is 10.0. The summed E-state index contributed by atoms with van der Waals surface area (Å²) in [5.41, 5.74) is 0.870. The van der Waals surface area contributed by atoms with Gasteiger partial charge in [-0.2, -0.15) is 0 Å². The second-order valence-corrected chi connectivity index (χ2v) is 4.71. The van der Waals surface area contributed by atoms with Gasteiger partial charge in [0.25, 0.3) is 0 Å². The zero-order valence-corrected chi connectivity index (χ0v) is 12.6. The third-order valence-corrected chi connectivity index (χ3v) is 2.90. The van der Waals surface area contributed by atoms with Gasteiger partial charge >= 0.3 is 12.1 Å². The Morgan fingerprint density at radius 3 is 2.55 bits per heavy atom. The van der Waals surface area contributed by atoms with Gasteiger partial charge < -0.3 is 9.47 Å². The van der Waals surface area contributed by atoms with Crippen LogP contribution in [-0.4, -0.2) is 18.7 Å². The molecule has 6 heteroatoms. The lowest BCUT2D eigenvalue weighted by atomic mass is 10.2. The maximum Gasteiger partial charge on any atom is 0.417 e. The number of esters is 1. The summed E-state index contributed by atoms with van der Waals surface area (Å²) in [5.74, 6) is -0.219. The van der Waals surface area contributed by atoms with Gasteiger partial charge in [0.05, 0.1) is 12.2 Å². The van der Waals surface area contributed by atoms with E-state index in [1.807, 2.05) is 0 Å². The van der Waals surface area contributed by atoms with Crippen LogP contribution >= 0.6 is 11.6 Å². The molecular formula is C16H14ClNO4. The summed E-state index contributed by atoms with van der Waals surface area (Å²) in [7, 11) is 0. The summed E-state index contributed by atoms with van der Waals surface area (Å²) in [6.07, 6.45) is -0.664. The molecule has 0 saturated heterocycles. The number of carbonyl (C=O) groups is 2. The second-order valence-electron chi connectivity index (χ2n) is 4.27. The minimum absolute atomic E-state index is 0.247. The Morgan fingerprint density at radius 1 is 1.14 bits per heavy atom. The Hall–Kier alpha value is -2.53. The molecule has 22 heavy (non-hydrogen) atoms. The van der Waals surface area contributed by atoms with Gasteiger partial charge in [-0.1, -0.05) is 17.7 Å². The lowest BCUT2D eigenvalue weighted by Crippen LogP contribution is -2.17. The van der Waals surface area contributed by atoms with Crippen molar-refractivity contribution < 1.29 is 19.1 Å².